The van der Waals surface area contributed by atoms with Gasteiger partial charge in [0.1, 0.15) is 0 Å². The van der Waals surface area contributed by atoms with Crippen molar-refractivity contribution in [3.05, 3.63) is 32.6 Å². The zero-order valence-corrected chi connectivity index (χ0v) is 8.74. The van der Waals surface area contributed by atoms with Crippen molar-refractivity contribution >= 4 is 0 Å². The summed E-state index contributed by atoms with van der Waals surface area (Å²) in [5, 5.41) is 9.32. The van der Waals surface area contributed by atoms with E-state index in [1.807, 2.05) is 0 Å². The van der Waals surface area contributed by atoms with Crippen molar-refractivity contribution in [2.45, 2.75) is 33.2 Å². The lowest BCUT2D eigenvalue weighted by Gasteiger charge is -2.21. The summed E-state index contributed by atoms with van der Waals surface area (Å²) in [4.78, 5) is 23.0. The van der Waals surface area contributed by atoms with Gasteiger partial charge in [-0.05, 0) is 27.7 Å². The zero-order chi connectivity index (χ0) is 11.1. The molecule has 0 aliphatic heterocycles. The maximum Gasteiger partial charge on any atom is 0.364 e. The monoisotopic (exact) mass is 198 g/mol. The number of nitrogens with zero attached hydrogens (tertiary/aromatic N) is 2. The van der Waals surface area contributed by atoms with Gasteiger partial charge in [-0.3, -0.25) is 9.36 Å². The second kappa shape index (κ2) is 3.01. The van der Waals surface area contributed by atoms with Gasteiger partial charge in [0.2, 0.25) is 0 Å². The summed E-state index contributed by atoms with van der Waals surface area (Å²) in [6.45, 7) is 6.68. The summed E-state index contributed by atoms with van der Waals surface area (Å²) < 4.78 is 1.49. The molecule has 1 heterocycles. The van der Waals surface area contributed by atoms with Crippen LogP contribution in [0.1, 0.15) is 26.5 Å². The van der Waals surface area contributed by atoms with Crippen LogP contribution >= 0.6 is 0 Å². The summed E-state index contributed by atoms with van der Waals surface area (Å²) in [5.74, 6) is 0. The second-order valence-electron chi connectivity index (χ2n) is 4.22. The lowest BCUT2D eigenvalue weighted by atomic mass is 10.1. The average Bonchev–Trinajstić information content (AvgIpc) is 1.97. The average molecular weight is 198 g/mol. The summed E-state index contributed by atoms with van der Waals surface area (Å²) in [7, 11) is 0. The van der Waals surface area contributed by atoms with Crippen molar-refractivity contribution in [1.82, 2.24) is 9.30 Å². The van der Waals surface area contributed by atoms with E-state index in [2.05, 4.69) is 0 Å². The van der Waals surface area contributed by atoms with Crippen molar-refractivity contribution in [2.75, 3.05) is 0 Å². The molecule has 0 saturated heterocycles. The quantitative estimate of drug-likeness (QED) is 0.610. The third-order valence-electron chi connectivity index (χ3n) is 1.93. The molecule has 0 aromatic carbocycles. The van der Waals surface area contributed by atoms with Crippen molar-refractivity contribution in [1.29, 1.82) is 0 Å². The van der Waals surface area contributed by atoms with E-state index in [0.717, 1.165) is 4.57 Å². The number of hydrogen-bond acceptors (Lipinski definition) is 3. The highest BCUT2D eigenvalue weighted by molar-refractivity contribution is 5.00. The molecule has 0 aliphatic rings. The fourth-order valence-corrected chi connectivity index (χ4v) is 1.26. The van der Waals surface area contributed by atoms with Crippen LogP contribution in [0.5, 0.6) is 0 Å². The van der Waals surface area contributed by atoms with Crippen LogP contribution in [-0.2, 0) is 5.54 Å². The van der Waals surface area contributed by atoms with Gasteiger partial charge >= 0.3 is 5.69 Å². The van der Waals surface area contributed by atoms with Gasteiger partial charge in [-0.1, -0.05) is 0 Å². The van der Waals surface area contributed by atoms with E-state index in [-0.39, 0.29) is 5.69 Å². The van der Waals surface area contributed by atoms with E-state index < -0.39 is 16.8 Å². The van der Waals surface area contributed by atoms with Crippen LogP contribution in [0.3, 0.4) is 0 Å². The molecule has 0 spiro atoms. The lowest BCUT2D eigenvalue weighted by Crippen LogP contribution is -2.47. The topological polar surface area (TPSA) is 64.2 Å². The molecule has 0 radical (unpaired) electrons. The Hall–Kier alpha value is -1.52. The Morgan fingerprint density at radius 1 is 1.29 bits per heavy atom. The summed E-state index contributed by atoms with van der Waals surface area (Å²) in [6, 6.07) is 1.23. The van der Waals surface area contributed by atoms with Crippen LogP contribution in [0.2, 0.25) is 0 Å². The lowest BCUT2D eigenvalue weighted by molar-refractivity contribution is 0.148. The van der Waals surface area contributed by atoms with Crippen molar-refractivity contribution in [3.8, 4) is 0 Å². The van der Waals surface area contributed by atoms with Crippen LogP contribution in [0.25, 0.3) is 0 Å². The van der Waals surface area contributed by atoms with Gasteiger partial charge in [-0.25, -0.2) is 4.79 Å². The normalized spacial score (nSPS) is 11.7. The fourth-order valence-electron chi connectivity index (χ4n) is 1.26. The molecule has 0 bridgehead atoms. The molecule has 0 atom stereocenters. The summed E-state index contributed by atoms with van der Waals surface area (Å²) in [5.41, 5.74) is -1.50. The minimum Gasteiger partial charge on any atom is -0.424 e. The Balaban J connectivity index is 3.71. The Morgan fingerprint density at radius 3 is 2.21 bits per heavy atom. The first-order valence-electron chi connectivity index (χ1n) is 4.30. The van der Waals surface area contributed by atoms with E-state index in [0.29, 0.717) is 4.73 Å². The number of hydrogen-bond donors (Lipinski definition) is 1. The Morgan fingerprint density at radius 2 is 1.79 bits per heavy atom. The Bertz CT molecular complexity index is 462. The van der Waals surface area contributed by atoms with Gasteiger partial charge < -0.3 is 5.21 Å². The fraction of sp³-hybridized carbons (Fsp3) is 0.556. The molecule has 0 saturated carbocycles. The third kappa shape index (κ3) is 1.57. The van der Waals surface area contributed by atoms with E-state index >= 15 is 0 Å². The first-order chi connectivity index (χ1) is 6.25. The molecule has 0 amide bonds. The van der Waals surface area contributed by atoms with Crippen LogP contribution in [0, 0.1) is 6.92 Å². The minimum atomic E-state index is -0.706. The van der Waals surface area contributed by atoms with Crippen molar-refractivity contribution in [2.24, 2.45) is 0 Å². The number of aromatic nitrogens is 2. The first kappa shape index (κ1) is 10.6. The highest BCUT2D eigenvalue weighted by Crippen LogP contribution is 2.07. The zero-order valence-electron chi connectivity index (χ0n) is 8.74. The smallest absolute Gasteiger partial charge is 0.364 e. The Labute approximate surface area is 81.2 Å². The Kier molecular flexibility index (Phi) is 2.27. The van der Waals surface area contributed by atoms with Gasteiger partial charge in [0.25, 0.3) is 5.56 Å². The summed E-state index contributed by atoms with van der Waals surface area (Å²) in [6.07, 6.45) is 0. The van der Waals surface area contributed by atoms with Crippen LogP contribution < -0.4 is 11.2 Å². The van der Waals surface area contributed by atoms with Gasteiger partial charge in [0.15, 0.2) is 0 Å². The van der Waals surface area contributed by atoms with Gasteiger partial charge in [0, 0.05) is 11.6 Å². The van der Waals surface area contributed by atoms with Crippen LogP contribution in [0.4, 0.5) is 0 Å². The highest BCUT2D eigenvalue weighted by Gasteiger charge is 2.19. The van der Waals surface area contributed by atoms with Gasteiger partial charge in [0.05, 0.1) is 5.69 Å². The van der Waals surface area contributed by atoms with Crippen molar-refractivity contribution < 1.29 is 5.21 Å². The molecule has 1 aromatic rings. The standard InChI is InChI=1S/C9H14N2O3/c1-6-5-7(12)10(9(2,3)4)8(13)11(6)14/h5,14H,1-4H3. The first-order valence-corrected chi connectivity index (χ1v) is 4.30. The van der Waals surface area contributed by atoms with Crippen LogP contribution in [0.15, 0.2) is 15.7 Å². The van der Waals surface area contributed by atoms with E-state index in [4.69, 9.17) is 0 Å². The predicted octanol–water partition coefficient (Wildman–Crippen LogP) is 0.311. The van der Waals surface area contributed by atoms with Crippen LogP contribution in [-0.4, -0.2) is 14.5 Å². The van der Waals surface area contributed by atoms with Gasteiger partial charge in [-0.15, -0.1) is 4.73 Å². The summed E-state index contributed by atoms with van der Waals surface area (Å²) >= 11 is 0. The van der Waals surface area contributed by atoms with Crippen molar-refractivity contribution in [3.63, 3.8) is 0 Å². The van der Waals surface area contributed by atoms with E-state index in [1.54, 1.807) is 20.8 Å². The molecule has 0 aliphatic carbocycles. The molecule has 0 fully saturated rings. The molecular weight excluding hydrogens is 184 g/mol. The third-order valence-corrected chi connectivity index (χ3v) is 1.93. The maximum absolute atomic E-state index is 11.5. The molecule has 5 nitrogen and oxygen atoms in total. The number of rotatable bonds is 0. The second-order valence-corrected chi connectivity index (χ2v) is 4.22. The predicted molar refractivity (Wildman–Crippen MR) is 51.9 cm³/mol. The largest absolute Gasteiger partial charge is 0.424 e. The minimum absolute atomic E-state index is 0.237. The molecule has 1 N–H and O–H groups in total. The number of aryl methyl sites for hydroxylation is 1. The van der Waals surface area contributed by atoms with E-state index in [1.165, 1.54) is 13.0 Å². The molecule has 1 aromatic heterocycles. The molecule has 78 valence electrons. The molecule has 0 unspecified atom stereocenters. The van der Waals surface area contributed by atoms with Gasteiger partial charge in [-0.2, -0.15) is 0 Å². The molecule has 1 rings (SSSR count). The molecular formula is C9H14N2O3. The molecule has 14 heavy (non-hydrogen) atoms. The molecule has 5 heteroatoms. The SMILES string of the molecule is Cc1cc(=O)n(C(C)(C)C)c(=O)n1O. The highest BCUT2D eigenvalue weighted by atomic mass is 16.5. The maximum atomic E-state index is 11.5. The van der Waals surface area contributed by atoms with E-state index in [9.17, 15) is 14.8 Å².